The largest absolute Gasteiger partial charge is 0.497 e. The lowest BCUT2D eigenvalue weighted by Gasteiger charge is -2.09. The van der Waals surface area contributed by atoms with E-state index in [1.165, 1.54) is 20.3 Å². The topological polar surface area (TPSA) is 76.7 Å². The number of nitrogens with one attached hydrogen (secondary N) is 2. The highest BCUT2D eigenvalue weighted by atomic mass is 79.9. The second-order valence-corrected chi connectivity index (χ2v) is 5.85. The monoisotopic (exact) mass is 404 g/mol. The van der Waals surface area contributed by atoms with Crippen molar-refractivity contribution in [2.45, 2.75) is 0 Å². The van der Waals surface area contributed by atoms with Crippen molar-refractivity contribution >= 4 is 33.8 Å². The number of hydrogen-bond donors (Lipinski definition) is 2. The normalized spacial score (nSPS) is 10.4. The predicted molar refractivity (Wildman–Crippen MR) is 98.3 cm³/mol. The van der Waals surface area contributed by atoms with Gasteiger partial charge in [-0.2, -0.15) is 0 Å². The molecule has 0 aromatic heterocycles. The molecule has 2 N–H and O–H groups in total. The van der Waals surface area contributed by atoms with Crippen LogP contribution < -0.4 is 20.3 Å². The lowest BCUT2D eigenvalue weighted by atomic mass is 10.2. The molecule has 7 heteroatoms. The maximum atomic E-state index is 12.1. The third-order valence-corrected chi connectivity index (χ3v) is 3.74. The van der Waals surface area contributed by atoms with Crippen molar-refractivity contribution < 1.29 is 19.1 Å². The maximum absolute atomic E-state index is 12.1. The first-order chi connectivity index (χ1) is 12.0. The molecule has 0 saturated carbocycles. The van der Waals surface area contributed by atoms with Gasteiger partial charge >= 0.3 is 0 Å². The summed E-state index contributed by atoms with van der Waals surface area (Å²) in [6, 6.07) is 12.2. The number of benzene rings is 2. The van der Waals surface area contributed by atoms with Crippen LogP contribution in [0.15, 0.2) is 53.0 Å². The summed E-state index contributed by atoms with van der Waals surface area (Å²) >= 11 is 3.34. The Morgan fingerprint density at radius 2 is 1.56 bits per heavy atom. The Hall–Kier alpha value is -2.80. The number of hydrogen-bond acceptors (Lipinski definition) is 4. The minimum Gasteiger partial charge on any atom is -0.497 e. The SMILES string of the molecule is COc1cc(OC)cc(C(=O)NNC(=O)/C=C/c2ccc(Br)cc2)c1. The number of ether oxygens (including phenoxy) is 2. The number of hydrazine groups is 1. The van der Waals surface area contributed by atoms with Crippen molar-refractivity contribution in [3.63, 3.8) is 0 Å². The zero-order valence-electron chi connectivity index (χ0n) is 13.7. The molecule has 2 amide bonds. The fourth-order valence-electron chi connectivity index (χ4n) is 1.92. The summed E-state index contributed by atoms with van der Waals surface area (Å²) in [7, 11) is 2.98. The highest BCUT2D eigenvalue weighted by molar-refractivity contribution is 9.10. The fourth-order valence-corrected chi connectivity index (χ4v) is 2.18. The van der Waals surface area contributed by atoms with E-state index in [0.29, 0.717) is 17.1 Å². The van der Waals surface area contributed by atoms with Gasteiger partial charge in [0.2, 0.25) is 0 Å². The number of carbonyl (C=O) groups excluding carboxylic acids is 2. The zero-order chi connectivity index (χ0) is 18.2. The van der Waals surface area contributed by atoms with Gasteiger partial charge in [0.25, 0.3) is 11.8 Å². The molecule has 0 aliphatic rings. The van der Waals surface area contributed by atoms with Gasteiger partial charge in [-0.25, -0.2) is 0 Å². The van der Waals surface area contributed by atoms with Gasteiger partial charge in [0, 0.05) is 22.2 Å². The van der Waals surface area contributed by atoms with Gasteiger partial charge in [-0.15, -0.1) is 0 Å². The molecule has 6 nitrogen and oxygen atoms in total. The van der Waals surface area contributed by atoms with Gasteiger partial charge in [-0.1, -0.05) is 28.1 Å². The number of halogens is 1. The van der Waals surface area contributed by atoms with Gasteiger partial charge in [-0.05, 0) is 35.9 Å². The van der Waals surface area contributed by atoms with Gasteiger partial charge in [0.05, 0.1) is 14.2 Å². The van der Waals surface area contributed by atoms with Crippen molar-refractivity contribution in [1.82, 2.24) is 10.9 Å². The Balaban J connectivity index is 1.95. The molecular weight excluding hydrogens is 388 g/mol. The van der Waals surface area contributed by atoms with Crippen LogP contribution in [0.3, 0.4) is 0 Å². The number of carbonyl (C=O) groups is 2. The Morgan fingerprint density at radius 1 is 0.960 bits per heavy atom. The van der Waals surface area contributed by atoms with E-state index in [1.807, 2.05) is 24.3 Å². The Labute approximate surface area is 153 Å². The molecule has 0 unspecified atom stereocenters. The molecule has 0 fully saturated rings. The summed E-state index contributed by atoms with van der Waals surface area (Å²) in [5, 5.41) is 0. The molecule has 0 radical (unpaired) electrons. The van der Waals surface area contributed by atoms with Gasteiger partial charge in [-0.3, -0.25) is 20.4 Å². The smallest absolute Gasteiger partial charge is 0.269 e. The molecule has 0 atom stereocenters. The minimum atomic E-state index is -0.484. The third-order valence-electron chi connectivity index (χ3n) is 3.21. The van der Waals surface area contributed by atoms with Crippen molar-refractivity contribution in [1.29, 1.82) is 0 Å². The van der Waals surface area contributed by atoms with Crippen molar-refractivity contribution in [3.05, 3.63) is 64.1 Å². The molecule has 2 rings (SSSR count). The second kappa shape index (κ2) is 8.89. The van der Waals surface area contributed by atoms with Crippen LogP contribution in [0.2, 0.25) is 0 Å². The van der Waals surface area contributed by atoms with Crippen LogP contribution >= 0.6 is 15.9 Å². The van der Waals surface area contributed by atoms with Gasteiger partial charge < -0.3 is 9.47 Å². The van der Waals surface area contributed by atoms with Gasteiger partial charge in [0.1, 0.15) is 11.5 Å². The number of amides is 2. The summed E-state index contributed by atoms with van der Waals surface area (Å²) in [5.41, 5.74) is 5.82. The average Bonchev–Trinajstić information content (AvgIpc) is 2.65. The number of methoxy groups -OCH3 is 2. The first kappa shape index (κ1) is 18.5. The molecule has 0 heterocycles. The van der Waals surface area contributed by atoms with Crippen LogP contribution in [-0.4, -0.2) is 26.0 Å². The van der Waals surface area contributed by atoms with Crippen molar-refractivity contribution in [3.8, 4) is 11.5 Å². The third kappa shape index (κ3) is 5.65. The lowest BCUT2D eigenvalue weighted by Crippen LogP contribution is -2.40. The van der Waals surface area contributed by atoms with E-state index in [9.17, 15) is 9.59 Å². The van der Waals surface area contributed by atoms with Crippen LogP contribution in [0.1, 0.15) is 15.9 Å². The predicted octanol–water partition coefficient (Wildman–Crippen LogP) is 2.94. The Morgan fingerprint density at radius 3 is 2.12 bits per heavy atom. The van der Waals surface area contributed by atoms with Crippen LogP contribution in [0.5, 0.6) is 11.5 Å². The molecule has 0 saturated heterocycles. The van der Waals surface area contributed by atoms with E-state index in [2.05, 4.69) is 26.8 Å². The summed E-state index contributed by atoms with van der Waals surface area (Å²) in [4.78, 5) is 23.9. The minimum absolute atomic E-state index is 0.299. The Bertz CT molecular complexity index is 766. The quantitative estimate of drug-likeness (QED) is 0.593. The lowest BCUT2D eigenvalue weighted by molar-refractivity contribution is -0.117. The molecule has 2 aromatic carbocycles. The maximum Gasteiger partial charge on any atom is 0.269 e. The second-order valence-electron chi connectivity index (χ2n) is 4.93. The standard InChI is InChI=1S/C18H17BrN2O4/c1-24-15-9-13(10-16(11-15)25-2)18(23)21-20-17(22)8-5-12-3-6-14(19)7-4-12/h3-11H,1-2H3,(H,20,22)(H,21,23)/b8-5+. The molecule has 0 spiro atoms. The number of rotatable bonds is 5. The van der Waals surface area contributed by atoms with Gasteiger partial charge in [0.15, 0.2) is 0 Å². The van der Waals surface area contributed by atoms with Crippen molar-refractivity contribution in [2.24, 2.45) is 0 Å². The van der Waals surface area contributed by atoms with E-state index in [4.69, 9.17) is 9.47 Å². The van der Waals surface area contributed by atoms with Crippen LogP contribution in [0, 0.1) is 0 Å². The molecule has 0 aliphatic heterocycles. The summed E-state index contributed by atoms with van der Waals surface area (Å²) in [6.45, 7) is 0. The van der Waals surface area contributed by atoms with Crippen LogP contribution in [0.4, 0.5) is 0 Å². The first-order valence-corrected chi connectivity index (χ1v) is 8.08. The zero-order valence-corrected chi connectivity index (χ0v) is 15.3. The molecule has 0 bridgehead atoms. The van der Waals surface area contributed by atoms with E-state index in [0.717, 1.165) is 10.0 Å². The van der Waals surface area contributed by atoms with E-state index in [-0.39, 0.29) is 0 Å². The average molecular weight is 405 g/mol. The molecule has 25 heavy (non-hydrogen) atoms. The van der Waals surface area contributed by atoms with E-state index >= 15 is 0 Å². The first-order valence-electron chi connectivity index (χ1n) is 7.29. The van der Waals surface area contributed by atoms with Crippen molar-refractivity contribution in [2.75, 3.05) is 14.2 Å². The van der Waals surface area contributed by atoms with E-state index in [1.54, 1.807) is 24.3 Å². The van der Waals surface area contributed by atoms with E-state index < -0.39 is 11.8 Å². The summed E-state index contributed by atoms with van der Waals surface area (Å²) in [5.74, 6) is 0.0191. The molecule has 0 aliphatic carbocycles. The van der Waals surface area contributed by atoms with Crippen LogP contribution in [-0.2, 0) is 4.79 Å². The Kier molecular flexibility index (Phi) is 6.59. The highest BCUT2D eigenvalue weighted by Gasteiger charge is 2.10. The van der Waals surface area contributed by atoms with Crippen LogP contribution in [0.25, 0.3) is 6.08 Å². The fraction of sp³-hybridized carbons (Fsp3) is 0.111. The molecular formula is C18H17BrN2O4. The molecule has 130 valence electrons. The highest BCUT2D eigenvalue weighted by Crippen LogP contribution is 2.22. The molecule has 2 aromatic rings. The summed E-state index contributed by atoms with van der Waals surface area (Å²) < 4.78 is 11.2. The summed E-state index contributed by atoms with van der Waals surface area (Å²) in [6.07, 6.45) is 2.97.